The molecule has 0 aliphatic rings. The molecule has 0 aliphatic carbocycles. The Bertz CT molecular complexity index is 594. The number of hydrogen-bond donors (Lipinski definition) is 2. The Kier molecular flexibility index (Phi) is 5.08. The summed E-state index contributed by atoms with van der Waals surface area (Å²) in [5.41, 5.74) is 5.89. The third kappa shape index (κ3) is 4.28. The van der Waals surface area contributed by atoms with Crippen LogP contribution in [-0.4, -0.2) is 12.5 Å². The van der Waals surface area contributed by atoms with Gasteiger partial charge in [0.2, 0.25) is 0 Å². The summed E-state index contributed by atoms with van der Waals surface area (Å²) < 4.78 is 12.2. The summed E-state index contributed by atoms with van der Waals surface area (Å²) in [6.45, 7) is 0.394. The summed E-state index contributed by atoms with van der Waals surface area (Å²) in [5, 5.41) is 3.20. The van der Waals surface area contributed by atoms with E-state index in [-0.39, 0.29) is 6.61 Å². The van der Waals surface area contributed by atoms with Crippen LogP contribution < -0.4 is 15.8 Å². The lowest BCUT2D eigenvalue weighted by Crippen LogP contribution is -2.20. The van der Waals surface area contributed by atoms with E-state index in [1.165, 1.54) is 0 Å². The molecule has 2 rings (SSSR count). The fourth-order valence-electron chi connectivity index (χ4n) is 1.52. The van der Waals surface area contributed by atoms with Crippen molar-refractivity contribution in [3.05, 3.63) is 45.2 Å². The lowest BCUT2D eigenvalue weighted by atomic mass is 10.3. The Morgan fingerprint density at radius 2 is 2.15 bits per heavy atom. The summed E-state index contributed by atoms with van der Waals surface area (Å²) in [4.78, 5) is 10.7. The molecule has 0 radical (unpaired) electrons. The summed E-state index contributed by atoms with van der Waals surface area (Å²) in [7, 11) is 0. The number of rotatable bonds is 6. The van der Waals surface area contributed by atoms with Crippen LogP contribution in [0, 0.1) is 0 Å². The Balaban J connectivity index is 1.95. The van der Waals surface area contributed by atoms with Crippen LogP contribution in [0.15, 0.2) is 43.9 Å². The molecule has 1 amide bonds. The van der Waals surface area contributed by atoms with Crippen LogP contribution in [0.3, 0.4) is 0 Å². The molecule has 0 atom stereocenters. The molecule has 7 heteroatoms. The summed E-state index contributed by atoms with van der Waals surface area (Å²) in [6.07, 6.45) is 0. The molecule has 1 heterocycles. The van der Waals surface area contributed by atoms with E-state index < -0.39 is 5.91 Å². The van der Waals surface area contributed by atoms with Crippen molar-refractivity contribution in [1.29, 1.82) is 0 Å². The molecule has 3 N–H and O–H groups in total. The predicted octanol–water partition coefficient (Wildman–Crippen LogP) is 3.28. The highest BCUT2D eigenvalue weighted by atomic mass is 79.9. The Morgan fingerprint density at radius 3 is 2.80 bits per heavy atom. The van der Waals surface area contributed by atoms with Crippen molar-refractivity contribution in [2.75, 3.05) is 11.9 Å². The van der Waals surface area contributed by atoms with Crippen LogP contribution in [0.5, 0.6) is 5.75 Å². The van der Waals surface area contributed by atoms with Gasteiger partial charge in [-0.05, 0) is 50.1 Å². The zero-order chi connectivity index (χ0) is 14.5. The molecule has 0 unspecified atom stereocenters. The number of carbonyl (C=O) groups excluding carboxylic acids is 1. The third-order valence-corrected chi connectivity index (χ3v) is 4.09. The molecule has 0 fully saturated rings. The number of halogens is 2. The zero-order valence-electron chi connectivity index (χ0n) is 10.4. The fourth-order valence-corrected chi connectivity index (χ4v) is 2.18. The van der Waals surface area contributed by atoms with E-state index >= 15 is 0 Å². The van der Waals surface area contributed by atoms with E-state index in [1.807, 2.05) is 18.2 Å². The lowest BCUT2D eigenvalue weighted by molar-refractivity contribution is -0.119. The van der Waals surface area contributed by atoms with Crippen LogP contribution in [0.4, 0.5) is 5.69 Å². The van der Waals surface area contributed by atoms with Gasteiger partial charge in [-0.15, -0.1) is 0 Å². The molecule has 0 aliphatic heterocycles. The van der Waals surface area contributed by atoms with Gasteiger partial charge in [0.25, 0.3) is 5.91 Å². The van der Waals surface area contributed by atoms with Gasteiger partial charge in [0.05, 0.1) is 11.0 Å². The van der Waals surface area contributed by atoms with Gasteiger partial charge < -0.3 is 20.2 Å². The zero-order valence-corrected chi connectivity index (χ0v) is 13.5. The van der Waals surface area contributed by atoms with Crippen molar-refractivity contribution in [2.24, 2.45) is 5.73 Å². The van der Waals surface area contributed by atoms with E-state index in [2.05, 4.69) is 37.2 Å². The smallest absolute Gasteiger partial charge is 0.255 e. The van der Waals surface area contributed by atoms with Crippen molar-refractivity contribution in [1.82, 2.24) is 0 Å². The predicted molar refractivity (Wildman–Crippen MR) is 82.6 cm³/mol. The number of benzene rings is 1. The Morgan fingerprint density at radius 1 is 1.35 bits per heavy atom. The van der Waals surface area contributed by atoms with Crippen molar-refractivity contribution < 1.29 is 13.9 Å². The minimum atomic E-state index is -0.506. The van der Waals surface area contributed by atoms with Crippen LogP contribution in [0.25, 0.3) is 0 Å². The van der Waals surface area contributed by atoms with E-state index in [0.717, 1.165) is 15.9 Å². The van der Waals surface area contributed by atoms with Crippen molar-refractivity contribution in [3.8, 4) is 5.75 Å². The maximum absolute atomic E-state index is 10.7. The molecule has 1 aromatic heterocycles. The topological polar surface area (TPSA) is 77.5 Å². The van der Waals surface area contributed by atoms with E-state index in [9.17, 15) is 4.79 Å². The maximum Gasteiger partial charge on any atom is 0.255 e. The number of primary amides is 1. The largest absolute Gasteiger partial charge is 0.484 e. The first kappa shape index (κ1) is 14.9. The van der Waals surface area contributed by atoms with Gasteiger partial charge in [0.1, 0.15) is 11.5 Å². The van der Waals surface area contributed by atoms with Crippen LogP contribution >= 0.6 is 31.9 Å². The average molecular weight is 404 g/mol. The molecule has 0 bridgehead atoms. The number of amides is 1. The van der Waals surface area contributed by atoms with Gasteiger partial charge in [0.15, 0.2) is 11.3 Å². The minimum absolute atomic E-state index is 0.137. The minimum Gasteiger partial charge on any atom is -0.484 e. The average Bonchev–Trinajstić information content (AvgIpc) is 2.74. The van der Waals surface area contributed by atoms with Gasteiger partial charge in [0, 0.05) is 11.8 Å². The lowest BCUT2D eigenvalue weighted by Gasteiger charge is -2.07. The second-order valence-corrected chi connectivity index (χ2v) is 5.55. The first-order valence-corrected chi connectivity index (χ1v) is 7.32. The van der Waals surface area contributed by atoms with Gasteiger partial charge >= 0.3 is 0 Å². The first-order valence-electron chi connectivity index (χ1n) is 5.73. The molecular formula is C13H12Br2N2O3. The van der Waals surface area contributed by atoms with E-state index in [0.29, 0.717) is 17.0 Å². The summed E-state index contributed by atoms with van der Waals surface area (Å²) in [6, 6.07) is 9.14. The molecule has 106 valence electrons. The summed E-state index contributed by atoms with van der Waals surface area (Å²) >= 11 is 6.64. The normalized spacial score (nSPS) is 10.3. The quantitative estimate of drug-likeness (QED) is 0.775. The van der Waals surface area contributed by atoms with Gasteiger partial charge in [-0.2, -0.15) is 0 Å². The fraction of sp³-hybridized carbons (Fsp3) is 0.154. The number of nitrogens with two attached hydrogens (primary N) is 1. The second kappa shape index (κ2) is 6.81. The molecule has 0 saturated carbocycles. The van der Waals surface area contributed by atoms with Crippen molar-refractivity contribution >= 4 is 43.5 Å². The maximum atomic E-state index is 10.7. The Labute approximate surface area is 132 Å². The molecule has 5 nitrogen and oxygen atoms in total. The number of nitrogens with one attached hydrogen (secondary N) is 1. The second-order valence-electron chi connectivity index (χ2n) is 3.97. The number of carbonyl (C=O) groups is 1. The van der Waals surface area contributed by atoms with Crippen molar-refractivity contribution in [2.45, 2.75) is 6.54 Å². The molecule has 20 heavy (non-hydrogen) atoms. The SMILES string of the molecule is NC(=O)COc1cccc(NCc2cc(Br)c(Br)o2)c1. The van der Waals surface area contributed by atoms with Crippen molar-refractivity contribution in [3.63, 3.8) is 0 Å². The first-order chi connectivity index (χ1) is 9.54. The number of ether oxygens (including phenoxy) is 1. The van der Waals surface area contributed by atoms with Gasteiger partial charge in [-0.25, -0.2) is 0 Å². The molecule has 2 aromatic rings. The Hall–Kier alpha value is -1.47. The number of anilines is 1. The molecular weight excluding hydrogens is 392 g/mol. The third-order valence-electron chi connectivity index (χ3n) is 2.38. The van der Waals surface area contributed by atoms with Crippen LogP contribution in [0.1, 0.15) is 5.76 Å². The monoisotopic (exact) mass is 402 g/mol. The molecule has 0 spiro atoms. The van der Waals surface area contributed by atoms with Gasteiger partial charge in [-0.3, -0.25) is 4.79 Å². The van der Waals surface area contributed by atoms with Gasteiger partial charge in [-0.1, -0.05) is 6.07 Å². The van der Waals surface area contributed by atoms with Crippen LogP contribution in [-0.2, 0) is 11.3 Å². The number of furan rings is 1. The number of hydrogen-bond acceptors (Lipinski definition) is 4. The standard InChI is InChI=1S/C13H12Br2N2O3/c14-11-5-10(20-13(11)15)6-17-8-2-1-3-9(4-8)19-7-12(16)18/h1-5,17H,6-7H2,(H2,16,18). The highest BCUT2D eigenvalue weighted by molar-refractivity contribution is 9.13. The van der Waals surface area contributed by atoms with E-state index in [1.54, 1.807) is 12.1 Å². The molecule has 1 aromatic carbocycles. The highest BCUT2D eigenvalue weighted by Crippen LogP contribution is 2.27. The summed E-state index contributed by atoms with van der Waals surface area (Å²) in [5.74, 6) is 0.858. The van der Waals surface area contributed by atoms with E-state index in [4.69, 9.17) is 14.9 Å². The highest BCUT2D eigenvalue weighted by Gasteiger charge is 2.06. The van der Waals surface area contributed by atoms with Crippen LogP contribution in [0.2, 0.25) is 0 Å². The molecule has 0 saturated heterocycles.